The van der Waals surface area contributed by atoms with Gasteiger partial charge in [-0.1, -0.05) is 0 Å². The van der Waals surface area contributed by atoms with Crippen molar-refractivity contribution in [3.8, 4) is 0 Å². The van der Waals surface area contributed by atoms with Crippen LogP contribution in [-0.4, -0.2) is 24.2 Å². The summed E-state index contributed by atoms with van der Waals surface area (Å²) >= 11 is 0. The van der Waals surface area contributed by atoms with Crippen molar-refractivity contribution >= 4 is 5.82 Å². The smallest absolute Gasteiger partial charge is 0.381 e. The Balaban J connectivity index is 2.05. The largest absolute Gasteiger partial charge is 0.416 e. The van der Waals surface area contributed by atoms with Crippen molar-refractivity contribution < 1.29 is 17.9 Å². The molecule has 6 heteroatoms. The van der Waals surface area contributed by atoms with Crippen LogP contribution in [0.2, 0.25) is 0 Å². The number of rotatable bonds is 2. The molecule has 0 spiro atoms. The molecule has 1 N–H and O–H groups in total. The minimum Gasteiger partial charge on any atom is -0.381 e. The molecule has 3 nitrogen and oxygen atoms in total. The van der Waals surface area contributed by atoms with Gasteiger partial charge in [-0.05, 0) is 25.0 Å². The van der Waals surface area contributed by atoms with Crippen LogP contribution in [-0.2, 0) is 10.9 Å². The summed E-state index contributed by atoms with van der Waals surface area (Å²) in [7, 11) is 0. The van der Waals surface area contributed by atoms with E-state index in [0.717, 1.165) is 25.0 Å². The molecule has 1 aliphatic heterocycles. The van der Waals surface area contributed by atoms with Crippen molar-refractivity contribution in [2.24, 2.45) is 0 Å². The van der Waals surface area contributed by atoms with E-state index < -0.39 is 11.7 Å². The highest BCUT2D eigenvalue weighted by Crippen LogP contribution is 2.30. The van der Waals surface area contributed by atoms with Crippen molar-refractivity contribution in [2.45, 2.75) is 25.1 Å². The van der Waals surface area contributed by atoms with E-state index in [1.54, 1.807) is 0 Å². The van der Waals surface area contributed by atoms with E-state index in [1.165, 1.54) is 6.20 Å². The monoisotopic (exact) mass is 246 g/mol. The number of hydrogen-bond donors (Lipinski definition) is 1. The summed E-state index contributed by atoms with van der Waals surface area (Å²) < 4.78 is 42.6. The lowest BCUT2D eigenvalue weighted by Gasteiger charge is -2.23. The summed E-state index contributed by atoms with van der Waals surface area (Å²) in [6.07, 6.45) is -1.57. The van der Waals surface area contributed by atoms with Gasteiger partial charge in [-0.3, -0.25) is 0 Å². The van der Waals surface area contributed by atoms with E-state index in [9.17, 15) is 13.2 Å². The number of halogens is 3. The summed E-state index contributed by atoms with van der Waals surface area (Å²) in [5.74, 6) is 0.270. The molecule has 0 amide bonds. The molecule has 0 radical (unpaired) electrons. The Kier molecular flexibility index (Phi) is 3.51. The summed E-state index contributed by atoms with van der Waals surface area (Å²) in [5, 5.41) is 3.00. The first-order valence-corrected chi connectivity index (χ1v) is 5.43. The van der Waals surface area contributed by atoms with Crippen LogP contribution in [0.5, 0.6) is 0 Å². The second-order valence-electron chi connectivity index (χ2n) is 3.96. The van der Waals surface area contributed by atoms with Crippen LogP contribution in [0.25, 0.3) is 0 Å². The van der Waals surface area contributed by atoms with Crippen molar-refractivity contribution in [1.29, 1.82) is 0 Å². The number of nitrogens with zero attached hydrogens (tertiary/aromatic N) is 1. The number of alkyl halides is 3. The maximum absolute atomic E-state index is 12.5. The number of nitrogens with one attached hydrogen (secondary N) is 1. The molecule has 1 aromatic heterocycles. The molecule has 0 aromatic carbocycles. The quantitative estimate of drug-likeness (QED) is 0.871. The van der Waals surface area contributed by atoms with E-state index in [4.69, 9.17) is 4.74 Å². The molecule has 0 atom stereocenters. The Morgan fingerprint density at radius 3 is 2.65 bits per heavy atom. The number of hydrogen-bond acceptors (Lipinski definition) is 3. The van der Waals surface area contributed by atoms with Gasteiger partial charge in [0.1, 0.15) is 5.82 Å². The van der Waals surface area contributed by atoms with E-state index >= 15 is 0 Å². The van der Waals surface area contributed by atoms with Crippen LogP contribution in [0.3, 0.4) is 0 Å². The fraction of sp³-hybridized carbons (Fsp3) is 0.545. The fourth-order valence-corrected chi connectivity index (χ4v) is 1.74. The van der Waals surface area contributed by atoms with E-state index in [-0.39, 0.29) is 11.9 Å². The average molecular weight is 246 g/mol. The number of aromatic nitrogens is 1. The third-order valence-corrected chi connectivity index (χ3v) is 2.66. The number of anilines is 1. The van der Waals surface area contributed by atoms with Crippen molar-refractivity contribution in [3.05, 3.63) is 23.9 Å². The topological polar surface area (TPSA) is 34.2 Å². The normalized spacial score (nSPS) is 18.1. The van der Waals surface area contributed by atoms with E-state index in [1.807, 2.05) is 0 Å². The fourth-order valence-electron chi connectivity index (χ4n) is 1.74. The van der Waals surface area contributed by atoms with Gasteiger partial charge < -0.3 is 10.1 Å². The minimum atomic E-state index is -4.32. The second kappa shape index (κ2) is 4.91. The molecule has 1 aliphatic rings. The molecular weight excluding hydrogens is 233 g/mol. The zero-order chi connectivity index (χ0) is 12.3. The van der Waals surface area contributed by atoms with Gasteiger partial charge >= 0.3 is 6.18 Å². The van der Waals surface area contributed by atoms with Crippen LogP contribution in [0, 0.1) is 0 Å². The Morgan fingerprint density at radius 2 is 2.00 bits per heavy atom. The van der Waals surface area contributed by atoms with Crippen molar-refractivity contribution in [2.75, 3.05) is 18.5 Å². The molecule has 0 unspecified atom stereocenters. The maximum Gasteiger partial charge on any atom is 0.416 e. The molecule has 0 aliphatic carbocycles. The molecule has 0 bridgehead atoms. The summed E-state index contributed by atoms with van der Waals surface area (Å²) in [5.41, 5.74) is -0.679. The van der Waals surface area contributed by atoms with Gasteiger partial charge in [0, 0.05) is 25.5 Å². The molecule has 0 saturated carbocycles. The highest BCUT2D eigenvalue weighted by molar-refractivity contribution is 5.39. The lowest BCUT2D eigenvalue weighted by molar-refractivity contribution is -0.137. The van der Waals surface area contributed by atoms with Gasteiger partial charge in [0.2, 0.25) is 0 Å². The molecule has 1 fully saturated rings. The average Bonchev–Trinajstić information content (AvgIpc) is 2.29. The maximum atomic E-state index is 12.5. The minimum absolute atomic E-state index is 0.139. The van der Waals surface area contributed by atoms with Gasteiger partial charge in [0.05, 0.1) is 5.56 Å². The first-order valence-electron chi connectivity index (χ1n) is 5.43. The first kappa shape index (κ1) is 12.2. The van der Waals surface area contributed by atoms with Crippen LogP contribution in [0.1, 0.15) is 18.4 Å². The molecule has 94 valence electrons. The van der Waals surface area contributed by atoms with Crippen molar-refractivity contribution in [1.82, 2.24) is 4.98 Å². The Hall–Kier alpha value is -1.30. The molecule has 2 heterocycles. The highest BCUT2D eigenvalue weighted by Gasteiger charge is 2.30. The lowest BCUT2D eigenvalue weighted by Crippen LogP contribution is -2.28. The Bertz CT molecular complexity index is 375. The van der Waals surface area contributed by atoms with E-state index in [2.05, 4.69) is 10.3 Å². The van der Waals surface area contributed by atoms with Gasteiger partial charge in [-0.25, -0.2) is 4.98 Å². The van der Waals surface area contributed by atoms with Crippen molar-refractivity contribution in [3.63, 3.8) is 0 Å². The van der Waals surface area contributed by atoms with Gasteiger partial charge in [-0.2, -0.15) is 13.2 Å². The predicted octanol–water partition coefficient (Wildman–Crippen LogP) is 2.69. The van der Waals surface area contributed by atoms with Crippen LogP contribution < -0.4 is 5.32 Å². The predicted molar refractivity (Wildman–Crippen MR) is 56.7 cm³/mol. The zero-order valence-corrected chi connectivity index (χ0v) is 9.13. The third-order valence-electron chi connectivity index (χ3n) is 2.66. The zero-order valence-electron chi connectivity index (χ0n) is 9.13. The summed E-state index contributed by atoms with van der Waals surface area (Å²) in [6.45, 7) is 1.27. The van der Waals surface area contributed by atoms with Gasteiger partial charge in [0.15, 0.2) is 0 Å². The SMILES string of the molecule is FC(F)(F)c1ccnc(NC2CCOCC2)c1. The van der Waals surface area contributed by atoms with E-state index in [0.29, 0.717) is 13.2 Å². The summed E-state index contributed by atoms with van der Waals surface area (Å²) in [6, 6.07) is 2.14. The first-order chi connectivity index (χ1) is 8.05. The molecule has 1 aromatic rings. The third kappa shape index (κ3) is 3.33. The Labute approximate surface area is 97.0 Å². The molecule has 17 heavy (non-hydrogen) atoms. The standard InChI is InChI=1S/C11H13F3N2O/c12-11(13,14)8-1-4-15-10(7-8)16-9-2-5-17-6-3-9/h1,4,7,9H,2-3,5-6H2,(H,15,16). The second-order valence-corrected chi connectivity index (χ2v) is 3.96. The molecule has 2 rings (SSSR count). The lowest BCUT2D eigenvalue weighted by atomic mass is 10.1. The molecule has 1 saturated heterocycles. The van der Waals surface area contributed by atoms with Crippen LogP contribution in [0.15, 0.2) is 18.3 Å². The van der Waals surface area contributed by atoms with Crippen LogP contribution >= 0.6 is 0 Å². The number of pyridine rings is 1. The summed E-state index contributed by atoms with van der Waals surface area (Å²) in [4.78, 5) is 3.90. The van der Waals surface area contributed by atoms with Crippen LogP contribution in [0.4, 0.5) is 19.0 Å². The highest BCUT2D eigenvalue weighted by atomic mass is 19.4. The van der Waals surface area contributed by atoms with Gasteiger partial charge in [-0.15, -0.1) is 0 Å². The van der Waals surface area contributed by atoms with Gasteiger partial charge in [0.25, 0.3) is 0 Å². The Morgan fingerprint density at radius 1 is 1.29 bits per heavy atom. The number of ether oxygens (including phenoxy) is 1. The molecular formula is C11H13F3N2O.